The number of carbonyl (C=O) groups is 2. The van der Waals surface area contributed by atoms with Crippen molar-refractivity contribution in [3.8, 4) is 0 Å². The summed E-state index contributed by atoms with van der Waals surface area (Å²) in [4.78, 5) is 23.5. The molecule has 0 aliphatic carbocycles. The third-order valence-electron chi connectivity index (χ3n) is 2.92. The van der Waals surface area contributed by atoms with Gasteiger partial charge in [-0.1, -0.05) is 15.9 Å². The van der Waals surface area contributed by atoms with Gasteiger partial charge in [0, 0.05) is 23.1 Å². The first-order valence-corrected chi connectivity index (χ1v) is 6.49. The molecule has 1 saturated heterocycles. The van der Waals surface area contributed by atoms with Crippen LogP contribution in [-0.2, 0) is 4.79 Å². The highest BCUT2D eigenvalue weighted by molar-refractivity contribution is 9.10. The molecule has 1 heterocycles. The minimum Gasteiger partial charge on any atom is -0.481 e. The molecule has 102 valence electrons. The number of carboxylic acids is 1. The Morgan fingerprint density at radius 3 is 3.00 bits per heavy atom. The molecule has 0 aromatic heterocycles. The topological polar surface area (TPSA) is 69.6 Å². The van der Waals surface area contributed by atoms with Crippen LogP contribution in [0.1, 0.15) is 18.0 Å². The van der Waals surface area contributed by atoms with E-state index in [1.165, 1.54) is 11.0 Å². The van der Waals surface area contributed by atoms with Gasteiger partial charge in [0.15, 0.2) is 0 Å². The second kappa shape index (κ2) is 5.56. The van der Waals surface area contributed by atoms with E-state index in [1.807, 2.05) is 0 Å². The average Bonchev–Trinajstić information content (AvgIpc) is 2.71. The molecule has 2 rings (SSSR count). The van der Waals surface area contributed by atoms with Gasteiger partial charge in [-0.2, -0.15) is 0 Å². The number of carbonyl (C=O) groups excluding carboxylic acids is 1. The SMILES string of the molecule is O=C(O)CCN1CC(c2cc(Br)ccc2F)NC1=O. The molecule has 1 aromatic rings. The van der Waals surface area contributed by atoms with Crippen molar-refractivity contribution < 1.29 is 19.1 Å². The van der Waals surface area contributed by atoms with Crippen LogP contribution >= 0.6 is 15.9 Å². The molecule has 7 heteroatoms. The number of halogens is 2. The summed E-state index contributed by atoms with van der Waals surface area (Å²) < 4.78 is 14.4. The molecular formula is C12H12BrFN2O3. The van der Waals surface area contributed by atoms with Crippen LogP contribution in [0.15, 0.2) is 22.7 Å². The summed E-state index contributed by atoms with van der Waals surface area (Å²) in [6.45, 7) is 0.382. The number of rotatable bonds is 4. The van der Waals surface area contributed by atoms with E-state index in [0.717, 1.165) is 4.47 Å². The Kier molecular flexibility index (Phi) is 4.04. The summed E-state index contributed by atoms with van der Waals surface area (Å²) in [5.74, 6) is -1.36. The molecule has 1 atom stereocenters. The van der Waals surface area contributed by atoms with Crippen molar-refractivity contribution in [2.45, 2.75) is 12.5 Å². The van der Waals surface area contributed by atoms with E-state index in [-0.39, 0.29) is 25.5 Å². The van der Waals surface area contributed by atoms with Crippen LogP contribution < -0.4 is 5.32 Å². The van der Waals surface area contributed by atoms with Crippen molar-refractivity contribution in [3.63, 3.8) is 0 Å². The second-order valence-electron chi connectivity index (χ2n) is 4.26. The van der Waals surface area contributed by atoms with Gasteiger partial charge < -0.3 is 15.3 Å². The van der Waals surface area contributed by atoms with Gasteiger partial charge in [-0.15, -0.1) is 0 Å². The zero-order valence-corrected chi connectivity index (χ0v) is 11.5. The molecule has 0 radical (unpaired) electrons. The number of hydrogen-bond acceptors (Lipinski definition) is 2. The van der Waals surface area contributed by atoms with Crippen molar-refractivity contribution in [2.75, 3.05) is 13.1 Å². The largest absolute Gasteiger partial charge is 0.481 e. The molecular weight excluding hydrogens is 319 g/mol. The number of carboxylic acid groups (broad SMARTS) is 1. The Labute approximate surface area is 117 Å². The molecule has 1 aliphatic rings. The Bertz CT molecular complexity index is 524. The standard InChI is InChI=1S/C12H12BrFN2O3/c13-7-1-2-9(14)8(5-7)10-6-16(12(19)15-10)4-3-11(17)18/h1-2,5,10H,3-4,6H2,(H,15,19)(H,17,18). The zero-order valence-electron chi connectivity index (χ0n) is 9.90. The monoisotopic (exact) mass is 330 g/mol. The molecule has 2 amide bonds. The molecule has 0 bridgehead atoms. The fourth-order valence-electron chi connectivity index (χ4n) is 1.97. The van der Waals surface area contributed by atoms with Crippen LogP contribution in [0.4, 0.5) is 9.18 Å². The number of nitrogens with one attached hydrogen (secondary N) is 1. The molecule has 1 aliphatic heterocycles. The van der Waals surface area contributed by atoms with E-state index < -0.39 is 17.8 Å². The summed E-state index contributed by atoms with van der Waals surface area (Å²) in [5, 5.41) is 11.2. The van der Waals surface area contributed by atoms with Crippen LogP contribution in [0.5, 0.6) is 0 Å². The lowest BCUT2D eigenvalue weighted by Crippen LogP contribution is -2.30. The number of amides is 2. The zero-order chi connectivity index (χ0) is 14.0. The average molecular weight is 331 g/mol. The molecule has 0 spiro atoms. The van der Waals surface area contributed by atoms with Crippen LogP contribution in [0, 0.1) is 5.82 Å². The Hall–Kier alpha value is -1.63. The molecule has 5 nitrogen and oxygen atoms in total. The van der Waals surface area contributed by atoms with E-state index in [4.69, 9.17) is 5.11 Å². The third kappa shape index (κ3) is 3.23. The van der Waals surface area contributed by atoms with E-state index in [0.29, 0.717) is 5.56 Å². The second-order valence-corrected chi connectivity index (χ2v) is 5.17. The lowest BCUT2D eigenvalue weighted by molar-refractivity contribution is -0.137. The molecule has 0 saturated carbocycles. The van der Waals surface area contributed by atoms with E-state index in [2.05, 4.69) is 21.2 Å². The molecule has 2 N–H and O–H groups in total. The minimum atomic E-state index is -0.968. The van der Waals surface area contributed by atoms with Crippen LogP contribution in [0.3, 0.4) is 0 Å². The molecule has 1 aromatic carbocycles. The molecule has 1 unspecified atom stereocenters. The highest BCUT2D eigenvalue weighted by atomic mass is 79.9. The predicted molar refractivity (Wildman–Crippen MR) is 69.2 cm³/mol. The normalized spacial score (nSPS) is 18.5. The third-order valence-corrected chi connectivity index (χ3v) is 3.41. The van der Waals surface area contributed by atoms with E-state index >= 15 is 0 Å². The van der Waals surface area contributed by atoms with Crippen LogP contribution in [0.2, 0.25) is 0 Å². The number of hydrogen-bond donors (Lipinski definition) is 2. The highest BCUT2D eigenvalue weighted by Crippen LogP contribution is 2.25. The highest BCUT2D eigenvalue weighted by Gasteiger charge is 2.31. The van der Waals surface area contributed by atoms with Gasteiger partial charge in [0.2, 0.25) is 0 Å². The quantitative estimate of drug-likeness (QED) is 0.888. The smallest absolute Gasteiger partial charge is 0.318 e. The van der Waals surface area contributed by atoms with Crippen molar-refractivity contribution in [1.82, 2.24) is 10.2 Å². The number of aliphatic carboxylic acids is 1. The van der Waals surface area contributed by atoms with Gasteiger partial charge >= 0.3 is 12.0 Å². The summed E-state index contributed by atoms with van der Waals surface area (Å²) >= 11 is 3.25. The van der Waals surface area contributed by atoms with Crippen molar-refractivity contribution in [2.24, 2.45) is 0 Å². The first kappa shape index (κ1) is 13.8. The van der Waals surface area contributed by atoms with Crippen molar-refractivity contribution in [1.29, 1.82) is 0 Å². The van der Waals surface area contributed by atoms with E-state index in [9.17, 15) is 14.0 Å². The lowest BCUT2D eigenvalue weighted by Gasteiger charge is -2.13. The fraction of sp³-hybridized carbons (Fsp3) is 0.333. The van der Waals surface area contributed by atoms with Gasteiger partial charge in [-0.3, -0.25) is 4.79 Å². The lowest BCUT2D eigenvalue weighted by atomic mass is 10.1. The Morgan fingerprint density at radius 1 is 1.58 bits per heavy atom. The van der Waals surface area contributed by atoms with Gasteiger partial charge in [0.05, 0.1) is 12.5 Å². The van der Waals surface area contributed by atoms with Gasteiger partial charge in [0.1, 0.15) is 5.82 Å². The van der Waals surface area contributed by atoms with Crippen molar-refractivity contribution in [3.05, 3.63) is 34.1 Å². The van der Waals surface area contributed by atoms with Gasteiger partial charge in [0.25, 0.3) is 0 Å². The summed E-state index contributed by atoms with van der Waals surface area (Å²) in [6, 6.07) is 3.69. The molecule has 19 heavy (non-hydrogen) atoms. The predicted octanol–water partition coefficient (Wildman–Crippen LogP) is 2.13. The Morgan fingerprint density at radius 2 is 2.32 bits per heavy atom. The summed E-state index contributed by atoms with van der Waals surface area (Å²) in [6.07, 6.45) is -0.124. The molecule has 1 fully saturated rings. The maximum atomic E-state index is 13.7. The maximum Gasteiger partial charge on any atom is 0.318 e. The van der Waals surface area contributed by atoms with Crippen LogP contribution in [-0.4, -0.2) is 35.1 Å². The fourth-order valence-corrected chi connectivity index (χ4v) is 2.35. The maximum absolute atomic E-state index is 13.7. The Balaban J connectivity index is 2.09. The van der Waals surface area contributed by atoms with Crippen molar-refractivity contribution >= 4 is 27.9 Å². The van der Waals surface area contributed by atoms with Gasteiger partial charge in [-0.05, 0) is 18.2 Å². The number of benzene rings is 1. The van der Waals surface area contributed by atoms with Crippen LogP contribution in [0.25, 0.3) is 0 Å². The summed E-state index contributed by atoms with van der Waals surface area (Å²) in [7, 11) is 0. The van der Waals surface area contributed by atoms with E-state index in [1.54, 1.807) is 12.1 Å². The minimum absolute atomic E-state index is 0.118. The number of nitrogens with zero attached hydrogens (tertiary/aromatic N) is 1. The van der Waals surface area contributed by atoms with Gasteiger partial charge in [-0.25, -0.2) is 9.18 Å². The summed E-state index contributed by atoms with van der Waals surface area (Å²) in [5.41, 5.74) is 0.389. The first-order chi connectivity index (χ1) is 8.97. The number of urea groups is 1. The first-order valence-electron chi connectivity index (χ1n) is 5.69.